The van der Waals surface area contributed by atoms with Crippen molar-refractivity contribution in [1.29, 1.82) is 0 Å². The first-order valence-electron chi connectivity index (χ1n) is 12.1. The zero-order valence-corrected chi connectivity index (χ0v) is 20.3. The molecular weight excluding hydrogens is 454 g/mol. The number of nitrogens with one attached hydrogen (secondary N) is 1. The van der Waals surface area contributed by atoms with Gasteiger partial charge >= 0.3 is 5.97 Å². The van der Waals surface area contributed by atoms with Crippen LogP contribution in [0.2, 0.25) is 0 Å². The topological polar surface area (TPSA) is 113 Å². The fourth-order valence-electron chi connectivity index (χ4n) is 5.04. The van der Waals surface area contributed by atoms with Gasteiger partial charge in [0.15, 0.2) is 0 Å². The van der Waals surface area contributed by atoms with Crippen molar-refractivity contribution in [2.45, 2.75) is 51.4 Å². The third-order valence-corrected chi connectivity index (χ3v) is 6.85. The van der Waals surface area contributed by atoms with Gasteiger partial charge in [-0.1, -0.05) is 0 Å². The van der Waals surface area contributed by atoms with Crippen LogP contribution in [0.3, 0.4) is 0 Å². The third kappa shape index (κ3) is 5.07. The molecule has 0 spiro atoms. The zero-order chi connectivity index (χ0) is 25.2. The van der Waals surface area contributed by atoms with E-state index in [4.69, 9.17) is 4.98 Å². The lowest BCUT2D eigenvalue weighted by Crippen LogP contribution is -2.15. The van der Waals surface area contributed by atoms with Crippen molar-refractivity contribution in [3.8, 4) is 11.6 Å². The van der Waals surface area contributed by atoms with E-state index in [0.29, 0.717) is 5.92 Å². The molecule has 5 rings (SSSR count). The number of anilines is 2. The van der Waals surface area contributed by atoms with Gasteiger partial charge in [0.05, 0.1) is 11.3 Å². The van der Waals surface area contributed by atoms with Gasteiger partial charge < -0.3 is 15.5 Å². The summed E-state index contributed by atoms with van der Waals surface area (Å²) in [5.74, 6) is 1.82. The molecular formula is C28H29N5O3. The lowest BCUT2D eigenvalue weighted by atomic mass is 9.76. The number of carboxylic acid groups (broad SMARTS) is 1. The Labute approximate surface area is 209 Å². The SMILES string of the molecule is Cc1ccnc(Nc2cc(C)cc(-n3cnc(C4CCC(c5cc(O)ccc5C(=O)O)CC4)c3)n2)c1. The molecule has 1 saturated carbocycles. The van der Waals surface area contributed by atoms with Crippen molar-refractivity contribution in [2.24, 2.45) is 0 Å². The lowest BCUT2D eigenvalue weighted by Gasteiger charge is -2.28. The van der Waals surface area contributed by atoms with Crippen LogP contribution in [0.4, 0.5) is 11.6 Å². The van der Waals surface area contributed by atoms with Gasteiger partial charge in [-0.05, 0) is 105 Å². The number of aromatic carboxylic acids is 1. The van der Waals surface area contributed by atoms with Crippen molar-refractivity contribution < 1.29 is 15.0 Å². The molecule has 1 aromatic carbocycles. The highest BCUT2D eigenvalue weighted by Gasteiger charge is 2.28. The van der Waals surface area contributed by atoms with E-state index in [1.54, 1.807) is 18.6 Å². The van der Waals surface area contributed by atoms with Gasteiger partial charge in [0, 0.05) is 18.3 Å². The van der Waals surface area contributed by atoms with Crippen LogP contribution in [0.5, 0.6) is 5.75 Å². The number of carbonyl (C=O) groups is 1. The molecule has 0 amide bonds. The Morgan fingerprint density at radius 2 is 1.69 bits per heavy atom. The molecule has 1 aliphatic carbocycles. The second-order valence-corrected chi connectivity index (χ2v) is 9.56. The number of aromatic nitrogens is 4. The summed E-state index contributed by atoms with van der Waals surface area (Å²) < 4.78 is 1.95. The molecule has 184 valence electrons. The number of carboxylic acids is 1. The number of aryl methyl sites for hydroxylation is 2. The van der Waals surface area contributed by atoms with Crippen LogP contribution in [0, 0.1) is 13.8 Å². The van der Waals surface area contributed by atoms with Gasteiger partial charge in [0.2, 0.25) is 0 Å². The zero-order valence-electron chi connectivity index (χ0n) is 20.3. The van der Waals surface area contributed by atoms with Gasteiger partial charge in [-0.25, -0.2) is 19.7 Å². The number of nitrogens with zero attached hydrogens (tertiary/aromatic N) is 4. The Bertz CT molecular complexity index is 1410. The highest BCUT2D eigenvalue weighted by atomic mass is 16.4. The Morgan fingerprint density at radius 1 is 0.944 bits per heavy atom. The first-order valence-corrected chi connectivity index (χ1v) is 12.1. The fraction of sp³-hybridized carbons (Fsp3) is 0.286. The number of imidazole rings is 1. The van der Waals surface area contributed by atoms with Gasteiger partial charge in [0.1, 0.15) is 29.5 Å². The third-order valence-electron chi connectivity index (χ3n) is 6.85. The smallest absolute Gasteiger partial charge is 0.335 e. The quantitative estimate of drug-likeness (QED) is 0.314. The number of phenols is 1. The number of pyridine rings is 2. The number of hydrogen-bond acceptors (Lipinski definition) is 6. The number of phenolic OH excluding ortho intramolecular Hbond substituents is 1. The molecule has 0 bridgehead atoms. The summed E-state index contributed by atoms with van der Waals surface area (Å²) in [6.07, 6.45) is 9.12. The van der Waals surface area contributed by atoms with E-state index in [1.807, 2.05) is 48.9 Å². The summed E-state index contributed by atoms with van der Waals surface area (Å²) in [5, 5.41) is 22.7. The maximum Gasteiger partial charge on any atom is 0.335 e. The van der Waals surface area contributed by atoms with E-state index in [0.717, 1.165) is 65.5 Å². The van der Waals surface area contributed by atoms with Crippen LogP contribution in [0.25, 0.3) is 5.82 Å². The molecule has 0 radical (unpaired) electrons. The van der Waals surface area contributed by atoms with Crippen molar-refractivity contribution in [2.75, 3.05) is 5.32 Å². The molecule has 1 fully saturated rings. The highest BCUT2D eigenvalue weighted by molar-refractivity contribution is 5.89. The van der Waals surface area contributed by atoms with E-state index in [9.17, 15) is 15.0 Å². The second kappa shape index (κ2) is 9.81. The van der Waals surface area contributed by atoms with Crippen LogP contribution in [-0.2, 0) is 0 Å². The summed E-state index contributed by atoms with van der Waals surface area (Å²) in [6, 6.07) is 12.5. The average Bonchev–Trinajstić information content (AvgIpc) is 3.34. The maximum atomic E-state index is 11.7. The number of hydrogen-bond donors (Lipinski definition) is 3. The average molecular weight is 484 g/mol. The van der Waals surface area contributed by atoms with Crippen molar-refractivity contribution >= 4 is 17.6 Å². The Balaban J connectivity index is 1.30. The minimum atomic E-state index is -0.955. The summed E-state index contributed by atoms with van der Waals surface area (Å²) >= 11 is 0. The molecule has 0 atom stereocenters. The second-order valence-electron chi connectivity index (χ2n) is 9.56. The summed E-state index contributed by atoms with van der Waals surface area (Å²) in [7, 11) is 0. The highest BCUT2D eigenvalue weighted by Crippen LogP contribution is 2.41. The fourth-order valence-corrected chi connectivity index (χ4v) is 5.04. The summed E-state index contributed by atoms with van der Waals surface area (Å²) in [6.45, 7) is 4.06. The monoisotopic (exact) mass is 483 g/mol. The first-order chi connectivity index (χ1) is 17.4. The minimum absolute atomic E-state index is 0.105. The lowest BCUT2D eigenvalue weighted by molar-refractivity contribution is 0.0694. The molecule has 3 N–H and O–H groups in total. The van der Waals surface area contributed by atoms with Crippen LogP contribution in [0.15, 0.2) is 61.2 Å². The molecule has 36 heavy (non-hydrogen) atoms. The molecule has 4 aromatic rings. The van der Waals surface area contributed by atoms with Gasteiger partial charge in [-0.3, -0.25) is 4.57 Å². The molecule has 0 aliphatic heterocycles. The summed E-state index contributed by atoms with van der Waals surface area (Å²) in [5.41, 5.74) is 4.21. The van der Waals surface area contributed by atoms with Crippen LogP contribution in [-0.4, -0.2) is 35.7 Å². The maximum absolute atomic E-state index is 11.7. The number of benzene rings is 1. The Morgan fingerprint density at radius 3 is 2.44 bits per heavy atom. The van der Waals surface area contributed by atoms with Crippen molar-refractivity contribution in [1.82, 2.24) is 19.5 Å². The number of aromatic hydroxyl groups is 1. The predicted octanol–water partition coefficient (Wildman–Crippen LogP) is 5.87. The molecule has 8 heteroatoms. The predicted molar refractivity (Wildman–Crippen MR) is 137 cm³/mol. The Hall–Kier alpha value is -4.20. The van der Waals surface area contributed by atoms with Gasteiger partial charge in [0.25, 0.3) is 0 Å². The minimum Gasteiger partial charge on any atom is -0.508 e. The van der Waals surface area contributed by atoms with Crippen molar-refractivity contribution in [3.63, 3.8) is 0 Å². The summed E-state index contributed by atoms with van der Waals surface area (Å²) in [4.78, 5) is 25.5. The van der Waals surface area contributed by atoms with E-state index in [1.165, 1.54) is 12.1 Å². The largest absolute Gasteiger partial charge is 0.508 e. The van der Waals surface area contributed by atoms with Gasteiger partial charge in [-0.15, -0.1) is 0 Å². The van der Waals surface area contributed by atoms with E-state index in [2.05, 4.69) is 15.3 Å². The van der Waals surface area contributed by atoms with Crippen LogP contribution >= 0.6 is 0 Å². The van der Waals surface area contributed by atoms with Crippen LogP contribution < -0.4 is 5.32 Å². The molecule has 1 aliphatic rings. The molecule has 8 nitrogen and oxygen atoms in total. The molecule has 3 aromatic heterocycles. The molecule has 0 unspecified atom stereocenters. The molecule has 0 saturated heterocycles. The number of rotatable bonds is 6. The van der Waals surface area contributed by atoms with E-state index < -0.39 is 5.97 Å². The molecule has 3 heterocycles. The van der Waals surface area contributed by atoms with E-state index >= 15 is 0 Å². The normalized spacial score (nSPS) is 17.6. The van der Waals surface area contributed by atoms with Gasteiger partial charge in [-0.2, -0.15) is 0 Å². The van der Waals surface area contributed by atoms with E-state index in [-0.39, 0.29) is 17.2 Å². The standard InChI is InChI=1S/C28H29N5O3/c1-17-9-10-29-25(11-17)31-26-12-18(2)13-27(32-26)33-15-24(30-16-33)20-5-3-19(4-6-20)23-14-21(34)7-8-22(23)28(35)36/h7-16,19-20,34H,3-6H2,1-2H3,(H,35,36)(H,29,31,32). The van der Waals surface area contributed by atoms with Crippen LogP contribution in [0.1, 0.15) is 70.3 Å². The Kier molecular flexibility index (Phi) is 6.41. The first kappa shape index (κ1) is 23.5. The van der Waals surface area contributed by atoms with Crippen molar-refractivity contribution in [3.05, 3.63) is 89.1 Å².